The van der Waals surface area contributed by atoms with Crippen LogP contribution in [0.3, 0.4) is 0 Å². The standard InChI is InChI=1S/C19H27N5/c1-4-10-24-13-17(15(2)22-24)12-23(3)14-18-11-19(21-20-18)16-8-6-5-7-9-16/h4-9,13,18-21H,1,10-12,14H2,2-3H3. The molecule has 1 aromatic carbocycles. The van der Waals surface area contributed by atoms with Gasteiger partial charge in [0.25, 0.3) is 0 Å². The number of hydrazine groups is 1. The minimum absolute atomic E-state index is 0.390. The summed E-state index contributed by atoms with van der Waals surface area (Å²) in [5.41, 5.74) is 10.6. The van der Waals surface area contributed by atoms with E-state index in [0.717, 1.165) is 31.7 Å². The van der Waals surface area contributed by atoms with Crippen molar-refractivity contribution < 1.29 is 0 Å². The maximum Gasteiger partial charge on any atom is 0.0638 e. The first-order chi connectivity index (χ1) is 11.7. The summed E-state index contributed by atoms with van der Waals surface area (Å²) in [6, 6.07) is 11.5. The van der Waals surface area contributed by atoms with Gasteiger partial charge in [-0.1, -0.05) is 36.4 Å². The molecule has 0 aliphatic carbocycles. The molecule has 5 heteroatoms. The Morgan fingerprint density at radius 2 is 2.12 bits per heavy atom. The third-order valence-corrected chi connectivity index (χ3v) is 4.52. The van der Waals surface area contributed by atoms with Crippen molar-refractivity contribution in [1.29, 1.82) is 0 Å². The fraction of sp³-hybridized carbons (Fsp3) is 0.421. The quantitative estimate of drug-likeness (QED) is 0.768. The highest BCUT2D eigenvalue weighted by molar-refractivity contribution is 5.20. The second kappa shape index (κ2) is 7.75. The van der Waals surface area contributed by atoms with Crippen molar-refractivity contribution in [2.45, 2.75) is 38.5 Å². The molecule has 0 bridgehead atoms. The van der Waals surface area contributed by atoms with Crippen molar-refractivity contribution in [2.24, 2.45) is 0 Å². The Bertz CT molecular complexity index is 664. The smallest absolute Gasteiger partial charge is 0.0638 e. The van der Waals surface area contributed by atoms with Crippen LogP contribution in [0.4, 0.5) is 0 Å². The average molecular weight is 325 g/mol. The number of aromatic nitrogens is 2. The van der Waals surface area contributed by atoms with Gasteiger partial charge in [-0.05, 0) is 26.0 Å². The number of hydrogen-bond donors (Lipinski definition) is 2. The molecular weight excluding hydrogens is 298 g/mol. The van der Waals surface area contributed by atoms with Gasteiger partial charge in [0.15, 0.2) is 0 Å². The Labute approximate surface area is 144 Å². The van der Waals surface area contributed by atoms with Crippen LogP contribution in [-0.2, 0) is 13.1 Å². The summed E-state index contributed by atoms with van der Waals surface area (Å²) >= 11 is 0. The Morgan fingerprint density at radius 3 is 2.88 bits per heavy atom. The topological polar surface area (TPSA) is 45.1 Å². The van der Waals surface area contributed by atoms with Gasteiger partial charge in [0.05, 0.1) is 12.2 Å². The van der Waals surface area contributed by atoms with Gasteiger partial charge in [-0.25, -0.2) is 5.43 Å². The Morgan fingerprint density at radius 1 is 1.33 bits per heavy atom. The number of aryl methyl sites for hydroxylation is 1. The zero-order chi connectivity index (χ0) is 16.9. The SMILES string of the molecule is C=CCn1cc(CN(C)CC2CC(c3ccccc3)NN2)c(C)n1. The summed E-state index contributed by atoms with van der Waals surface area (Å²) in [7, 11) is 2.17. The lowest BCUT2D eigenvalue weighted by molar-refractivity contribution is 0.288. The predicted octanol–water partition coefficient (Wildman–Crippen LogP) is 2.42. The molecule has 2 aromatic rings. The van der Waals surface area contributed by atoms with Gasteiger partial charge in [0.1, 0.15) is 0 Å². The number of rotatable bonds is 7. The largest absolute Gasteiger partial charge is 0.300 e. The Balaban J connectivity index is 1.52. The lowest BCUT2D eigenvalue weighted by atomic mass is 10.0. The lowest BCUT2D eigenvalue weighted by Crippen LogP contribution is -2.38. The highest BCUT2D eigenvalue weighted by Gasteiger charge is 2.25. The molecule has 0 spiro atoms. The van der Waals surface area contributed by atoms with E-state index in [1.807, 2.05) is 10.8 Å². The minimum Gasteiger partial charge on any atom is -0.300 e. The van der Waals surface area contributed by atoms with E-state index < -0.39 is 0 Å². The van der Waals surface area contributed by atoms with E-state index in [0.29, 0.717) is 12.1 Å². The van der Waals surface area contributed by atoms with E-state index in [2.05, 4.69) is 77.9 Å². The van der Waals surface area contributed by atoms with Crippen molar-refractivity contribution in [1.82, 2.24) is 25.5 Å². The molecule has 1 aliphatic heterocycles. The van der Waals surface area contributed by atoms with E-state index >= 15 is 0 Å². The van der Waals surface area contributed by atoms with Crippen LogP contribution in [0, 0.1) is 6.92 Å². The molecule has 2 N–H and O–H groups in total. The molecule has 1 saturated heterocycles. The summed E-state index contributed by atoms with van der Waals surface area (Å²) in [6.07, 6.45) is 5.10. The second-order valence-corrected chi connectivity index (χ2v) is 6.63. The number of hydrogen-bond acceptors (Lipinski definition) is 4. The Kier molecular flexibility index (Phi) is 5.45. The summed E-state index contributed by atoms with van der Waals surface area (Å²) in [5.74, 6) is 0. The van der Waals surface area contributed by atoms with Crippen LogP contribution in [0.25, 0.3) is 0 Å². The fourth-order valence-electron chi connectivity index (χ4n) is 3.32. The molecule has 3 rings (SSSR count). The molecule has 2 atom stereocenters. The number of benzene rings is 1. The van der Waals surface area contributed by atoms with Gasteiger partial charge in [-0.2, -0.15) is 5.10 Å². The monoisotopic (exact) mass is 325 g/mol. The van der Waals surface area contributed by atoms with Crippen LogP contribution in [0.1, 0.15) is 29.3 Å². The van der Waals surface area contributed by atoms with E-state index in [1.165, 1.54) is 11.1 Å². The lowest BCUT2D eigenvalue weighted by Gasteiger charge is -2.20. The van der Waals surface area contributed by atoms with E-state index in [-0.39, 0.29) is 0 Å². The molecule has 1 aromatic heterocycles. The molecule has 0 radical (unpaired) electrons. The zero-order valence-electron chi connectivity index (χ0n) is 14.6. The minimum atomic E-state index is 0.390. The third kappa shape index (κ3) is 4.12. The molecule has 1 aliphatic rings. The summed E-state index contributed by atoms with van der Waals surface area (Å²) < 4.78 is 1.95. The van der Waals surface area contributed by atoms with Crippen LogP contribution in [-0.4, -0.2) is 34.3 Å². The molecule has 1 fully saturated rings. The molecular formula is C19H27N5. The summed E-state index contributed by atoms with van der Waals surface area (Å²) in [5, 5.41) is 4.53. The fourth-order valence-corrected chi connectivity index (χ4v) is 3.32. The van der Waals surface area contributed by atoms with Crippen LogP contribution >= 0.6 is 0 Å². The van der Waals surface area contributed by atoms with Crippen molar-refractivity contribution in [3.63, 3.8) is 0 Å². The molecule has 0 amide bonds. The van der Waals surface area contributed by atoms with Crippen molar-refractivity contribution in [3.8, 4) is 0 Å². The first-order valence-corrected chi connectivity index (χ1v) is 8.54. The van der Waals surface area contributed by atoms with Gasteiger partial charge >= 0.3 is 0 Å². The van der Waals surface area contributed by atoms with Gasteiger partial charge in [0, 0.05) is 36.9 Å². The van der Waals surface area contributed by atoms with Crippen LogP contribution in [0.15, 0.2) is 49.2 Å². The molecule has 128 valence electrons. The molecule has 24 heavy (non-hydrogen) atoms. The van der Waals surface area contributed by atoms with Crippen molar-refractivity contribution in [2.75, 3.05) is 13.6 Å². The van der Waals surface area contributed by atoms with E-state index in [9.17, 15) is 0 Å². The molecule has 0 saturated carbocycles. The average Bonchev–Trinajstić information content (AvgIpc) is 3.16. The molecule has 2 heterocycles. The summed E-state index contributed by atoms with van der Waals surface area (Å²) in [6.45, 7) is 8.52. The third-order valence-electron chi connectivity index (χ3n) is 4.52. The van der Waals surface area contributed by atoms with Gasteiger partial charge in [0.2, 0.25) is 0 Å². The number of nitrogens with one attached hydrogen (secondary N) is 2. The van der Waals surface area contributed by atoms with Crippen LogP contribution in [0.5, 0.6) is 0 Å². The summed E-state index contributed by atoms with van der Waals surface area (Å²) in [4.78, 5) is 2.36. The number of allylic oxidation sites excluding steroid dienone is 1. The zero-order valence-corrected chi connectivity index (χ0v) is 14.6. The highest BCUT2D eigenvalue weighted by Crippen LogP contribution is 2.22. The van der Waals surface area contributed by atoms with Crippen molar-refractivity contribution in [3.05, 3.63) is 66.0 Å². The van der Waals surface area contributed by atoms with Crippen LogP contribution in [0.2, 0.25) is 0 Å². The van der Waals surface area contributed by atoms with Crippen LogP contribution < -0.4 is 10.9 Å². The number of likely N-dealkylation sites (N-methyl/N-ethyl adjacent to an activating group) is 1. The highest BCUT2D eigenvalue weighted by atomic mass is 15.4. The van der Waals surface area contributed by atoms with E-state index in [4.69, 9.17) is 0 Å². The maximum atomic E-state index is 4.53. The Hall–Kier alpha value is -1.95. The van der Waals surface area contributed by atoms with Gasteiger partial charge in [-0.3, -0.25) is 10.1 Å². The molecule has 2 unspecified atom stereocenters. The van der Waals surface area contributed by atoms with Crippen molar-refractivity contribution >= 4 is 0 Å². The first-order valence-electron chi connectivity index (χ1n) is 8.54. The molecule has 5 nitrogen and oxygen atoms in total. The normalized spacial score (nSPS) is 20.6. The maximum absolute atomic E-state index is 4.53. The number of nitrogens with zero attached hydrogens (tertiary/aromatic N) is 3. The predicted molar refractivity (Wildman–Crippen MR) is 97.4 cm³/mol. The second-order valence-electron chi connectivity index (χ2n) is 6.63. The van der Waals surface area contributed by atoms with E-state index in [1.54, 1.807) is 0 Å². The van der Waals surface area contributed by atoms with Gasteiger partial charge in [-0.15, -0.1) is 6.58 Å². The first kappa shape index (κ1) is 16.9. The van der Waals surface area contributed by atoms with Gasteiger partial charge < -0.3 is 4.90 Å².